The third-order valence-corrected chi connectivity index (χ3v) is 5.34. The Balaban J connectivity index is 1.57. The van der Waals surface area contributed by atoms with Gasteiger partial charge >= 0.3 is 0 Å². The van der Waals surface area contributed by atoms with Crippen LogP contribution in [0.3, 0.4) is 0 Å². The van der Waals surface area contributed by atoms with Crippen LogP contribution in [0.5, 0.6) is 0 Å². The fourth-order valence-corrected chi connectivity index (χ4v) is 3.48. The zero-order chi connectivity index (χ0) is 17.1. The molecular formula is C18H21BrN4O. The maximum absolute atomic E-state index is 12.3. The molecule has 1 amide bonds. The second-order valence-corrected chi connectivity index (χ2v) is 6.77. The van der Waals surface area contributed by atoms with Crippen molar-refractivity contribution in [3.63, 3.8) is 0 Å². The fourth-order valence-electron chi connectivity index (χ4n) is 2.93. The summed E-state index contributed by atoms with van der Waals surface area (Å²) in [5.74, 6) is 0.0373. The van der Waals surface area contributed by atoms with Crippen molar-refractivity contribution in [1.29, 1.82) is 0 Å². The molecule has 6 heteroatoms. The average Bonchev–Trinajstić information content (AvgIpc) is 3.09. The van der Waals surface area contributed by atoms with E-state index in [0.29, 0.717) is 13.1 Å². The van der Waals surface area contributed by atoms with E-state index in [1.54, 1.807) is 0 Å². The molecule has 0 unspecified atom stereocenters. The minimum atomic E-state index is 0.0373. The number of halogens is 1. The van der Waals surface area contributed by atoms with Crippen molar-refractivity contribution in [1.82, 2.24) is 20.1 Å². The molecule has 0 bridgehead atoms. The van der Waals surface area contributed by atoms with E-state index in [-0.39, 0.29) is 5.91 Å². The topological polar surface area (TPSA) is 62.7 Å². The van der Waals surface area contributed by atoms with Gasteiger partial charge in [-0.15, -0.1) is 0 Å². The molecule has 0 spiro atoms. The second-order valence-electron chi connectivity index (χ2n) is 5.98. The van der Waals surface area contributed by atoms with Crippen molar-refractivity contribution in [2.24, 2.45) is 0 Å². The third kappa shape index (κ3) is 3.38. The van der Waals surface area contributed by atoms with Gasteiger partial charge in [0.1, 0.15) is 6.54 Å². The number of rotatable bonds is 6. The largest absolute Gasteiger partial charge is 0.355 e. The Morgan fingerprint density at radius 2 is 2.12 bits per heavy atom. The van der Waals surface area contributed by atoms with Gasteiger partial charge in [-0.2, -0.15) is 5.10 Å². The van der Waals surface area contributed by atoms with Gasteiger partial charge in [-0.3, -0.25) is 9.89 Å². The highest BCUT2D eigenvalue weighted by Crippen LogP contribution is 2.30. The number of carbonyl (C=O) groups excluding carboxylic acids is 1. The number of nitrogens with zero attached hydrogens (tertiary/aromatic N) is 2. The molecule has 0 atom stereocenters. The van der Waals surface area contributed by atoms with Gasteiger partial charge in [0.15, 0.2) is 0 Å². The van der Waals surface area contributed by atoms with Crippen LogP contribution in [0, 0.1) is 13.8 Å². The fraction of sp³-hybridized carbons (Fsp3) is 0.333. The van der Waals surface area contributed by atoms with E-state index in [0.717, 1.165) is 39.6 Å². The first-order valence-electron chi connectivity index (χ1n) is 8.07. The second kappa shape index (κ2) is 7.21. The van der Waals surface area contributed by atoms with Gasteiger partial charge in [0.2, 0.25) is 5.91 Å². The van der Waals surface area contributed by atoms with Crippen LogP contribution in [0.4, 0.5) is 0 Å². The van der Waals surface area contributed by atoms with Gasteiger partial charge in [0.05, 0.1) is 6.20 Å². The van der Waals surface area contributed by atoms with Gasteiger partial charge in [-0.05, 0) is 54.2 Å². The number of fused-ring (bicyclic) bond motifs is 1. The number of H-pyrrole nitrogens is 1. The average molecular weight is 389 g/mol. The van der Waals surface area contributed by atoms with Crippen LogP contribution in [0.15, 0.2) is 34.9 Å². The number of carbonyl (C=O) groups is 1. The molecule has 0 aliphatic heterocycles. The summed E-state index contributed by atoms with van der Waals surface area (Å²) >= 11 is 3.62. The number of aromatic nitrogens is 3. The van der Waals surface area contributed by atoms with Crippen molar-refractivity contribution < 1.29 is 4.79 Å². The Hall–Kier alpha value is -2.08. The first-order valence-corrected chi connectivity index (χ1v) is 8.86. The lowest BCUT2D eigenvalue weighted by Crippen LogP contribution is -2.29. The predicted molar refractivity (Wildman–Crippen MR) is 99.0 cm³/mol. The molecule has 126 valence electrons. The molecule has 0 aliphatic rings. The number of hydrogen-bond acceptors (Lipinski definition) is 2. The molecule has 1 aromatic carbocycles. The maximum Gasteiger partial charge on any atom is 0.239 e. The SMILES string of the molecule is Cc1[nH]ncc1CCCNC(=O)Cn1c(C)c(Br)c2ccccc21. The van der Waals surface area contributed by atoms with Crippen LogP contribution < -0.4 is 5.32 Å². The number of benzene rings is 1. The summed E-state index contributed by atoms with van der Waals surface area (Å²) in [4.78, 5) is 12.3. The van der Waals surface area contributed by atoms with Gasteiger partial charge in [0, 0.05) is 33.3 Å². The molecule has 0 saturated heterocycles. The molecule has 3 aromatic rings. The molecule has 24 heavy (non-hydrogen) atoms. The lowest BCUT2D eigenvalue weighted by Gasteiger charge is -2.09. The Kier molecular flexibility index (Phi) is 5.04. The Morgan fingerprint density at radius 3 is 2.88 bits per heavy atom. The first-order chi connectivity index (χ1) is 11.6. The molecule has 2 heterocycles. The molecule has 3 rings (SSSR count). The van der Waals surface area contributed by atoms with E-state index in [9.17, 15) is 4.79 Å². The molecule has 0 saturated carbocycles. The summed E-state index contributed by atoms with van der Waals surface area (Å²) in [5.41, 5.74) is 4.45. The molecule has 0 fully saturated rings. The van der Waals surface area contributed by atoms with E-state index >= 15 is 0 Å². The summed E-state index contributed by atoms with van der Waals surface area (Å²) in [6, 6.07) is 8.11. The normalized spacial score (nSPS) is 11.1. The highest BCUT2D eigenvalue weighted by Gasteiger charge is 2.13. The molecule has 0 radical (unpaired) electrons. The monoisotopic (exact) mass is 388 g/mol. The maximum atomic E-state index is 12.3. The number of aromatic amines is 1. The number of nitrogens with one attached hydrogen (secondary N) is 2. The Bertz CT molecular complexity index is 865. The highest BCUT2D eigenvalue weighted by atomic mass is 79.9. The quantitative estimate of drug-likeness (QED) is 0.634. The standard InChI is InChI=1S/C18H21BrN4O/c1-12-14(10-21-22-12)6-5-9-20-17(24)11-23-13(2)18(19)15-7-3-4-8-16(15)23/h3-4,7-8,10H,5-6,9,11H2,1-2H3,(H,20,24)(H,21,22). The summed E-state index contributed by atoms with van der Waals surface area (Å²) in [6.45, 7) is 5.04. The molecule has 2 aromatic heterocycles. The third-order valence-electron chi connectivity index (χ3n) is 4.33. The van der Waals surface area contributed by atoms with Crippen molar-refractivity contribution in [2.45, 2.75) is 33.2 Å². The van der Waals surface area contributed by atoms with Crippen molar-refractivity contribution in [3.05, 3.63) is 51.9 Å². The van der Waals surface area contributed by atoms with Crippen LogP contribution in [0.1, 0.15) is 23.4 Å². The van der Waals surface area contributed by atoms with Crippen molar-refractivity contribution in [2.75, 3.05) is 6.54 Å². The summed E-state index contributed by atoms with van der Waals surface area (Å²) in [7, 11) is 0. The molecule has 2 N–H and O–H groups in total. The van der Waals surface area contributed by atoms with E-state index in [1.165, 1.54) is 5.56 Å². The van der Waals surface area contributed by atoms with Crippen LogP contribution in [-0.2, 0) is 17.8 Å². The van der Waals surface area contributed by atoms with Crippen molar-refractivity contribution in [3.8, 4) is 0 Å². The zero-order valence-corrected chi connectivity index (χ0v) is 15.5. The van der Waals surface area contributed by atoms with Crippen LogP contribution >= 0.6 is 15.9 Å². The molecule has 5 nitrogen and oxygen atoms in total. The smallest absolute Gasteiger partial charge is 0.239 e. The van der Waals surface area contributed by atoms with Gasteiger partial charge in [-0.25, -0.2) is 0 Å². The minimum absolute atomic E-state index is 0.0373. The van der Waals surface area contributed by atoms with Crippen LogP contribution in [-0.4, -0.2) is 27.2 Å². The lowest BCUT2D eigenvalue weighted by atomic mass is 10.1. The van der Waals surface area contributed by atoms with E-state index in [4.69, 9.17) is 0 Å². The highest BCUT2D eigenvalue weighted by molar-refractivity contribution is 9.10. The van der Waals surface area contributed by atoms with E-state index in [2.05, 4.69) is 42.1 Å². The lowest BCUT2D eigenvalue weighted by molar-refractivity contribution is -0.121. The van der Waals surface area contributed by atoms with Crippen LogP contribution in [0.25, 0.3) is 10.9 Å². The number of para-hydroxylation sites is 1. The molecule has 0 aliphatic carbocycles. The molecular weight excluding hydrogens is 368 g/mol. The number of amides is 1. The first kappa shape index (κ1) is 16.8. The Morgan fingerprint density at radius 1 is 1.33 bits per heavy atom. The van der Waals surface area contributed by atoms with Crippen LogP contribution in [0.2, 0.25) is 0 Å². The van der Waals surface area contributed by atoms with Gasteiger partial charge in [-0.1, -0.05) is 18.2 Å². The summed E-state index contributed by atoms with van der Waals surface area (Å²) in [6.07, 6.45) is 3.67. The van der Waals surface area contributed by atoms with Gasteiger partial charge in [0.25, 0.3) is 0 Å². The Labute approximate surface area is 149 Å². The number of aryl methyl sites for hydroxylation is 2. The van der Waals surface area contributed by atoms with Crippen molar-refractivity contribution >= 4 is 32.7 Å². The van der Waals surface area contributed by atoms with E-state index in [1.807, 2.05) is 38.2 Å². The summed E-state index contributed by atoms with van der Waals surface area (Å²) < 4.78 is 3.11. The van der Waals surface area contributed by atoms with E-state index < -0.39 is 0 Å². The zero-order valence-electron chi connectivity index (χ0n) is 13.9. The number of hydrogen-bond donors (Lipinski definition) is 2. The predicted octanol–water partition coefficient (Wildman–Crippen LogP) is 3.49. The minimum Gasteiger partial charge on any atom is -0.355 e. The van der Waals surface area contributed by atoms with Gasteiger partial charge < -0.3 is 9.88 Å². The summed E-state index contributed by atoms with van der Waals surface area (Å²) in [5, 5.41) is 11.1.